The van der Waals surface area contributed by atoms with E-state index in [1.54, 1.807) is 0 Å². The maximum atomic E-state index is 12.6. The van der Waals surface area contributed by atoms with Gasteiger partial charge in [0.25, 0.3) is 11.5 Å². The van der Waals surface area contributed by atoms with E-state index < -0.39 is 33.2 Å². The minimum Gasteiger partial charge on any atom is -0.315 e. The average molecular weight is 300 g/mol. The van der Waals surface area contributed by atoms with E-state index in [0.29, 0.717) is 6.42 Å². The van der Waals surface area contributed by atoms with Crippen LogP contribution >= 0.6 is 0 Å². The van der Waals surface area contributed by atoms with Crippen LogP contribution in [0.3, 0.4) is 0 Å². The molecule has 0 radical (unpaired) electrons. The number of hydrogen-bond acceptors (Lipinski definition) is 4. The Bertz CT molecular complexity index is 723. The van der Waals surface area contributed by atoms with Gasteiger partial charge in [-0.25, -0.2) is 12.8 Å². The topological polar surface area (TPSA) is 85.2 Å². The van der Waals surface area contributed by atoms with Crippen molar-refractivity contribution in [3.8, 4) is 0 Å². The minimum absolute atomic E-state index is 0.0297. The molecule has 0 aliphatic carbocycles. The summed E-state index contributed by atoms with van der Waals surface area (Å²) in [6.07, 6.45) is 1.79. The van der Waals surface area contributed by atoms with E-state index in [1.165, 1.54) is 22.9 Å². The third-order valence-corrected chi connectivity index (χ3v) is 4.82. The van der Waals surface area contributed by atoms with Crippen molar-refractivity contribution in [3.05, 3.63) is 41.1 Å². The number of pyridine rings is 1. The van der Waals surface area contributed by atoms with Crippen molar-refractivity contribution < 1.29 is 17.6 Å². The van der Waals surface area contributed by atoms with Crippen LogP contribution < -0.4 is 10.9 Å². The Morgan fingerprint density at radius 3 is 2.75 bits per heavy atom. The molecule has 0 spiro atoms. The zero-order valence-corrected chi connectivity index (χ0v) is 11.3. The van der Waals surface area contributed by atoms with E-state index in [9.17, 15) is 22.4 Å². The highest BCUT2D eigenvalue weighted by molar-refractivity contribution is 7.91. The van der Waals surface area contributed by atoms with Crippen LogP contribution in [0.15, 0.2) is 35.5 Å². The molecule has 6 nitrogen and oxygen atoms in total. The van der Waals surface area contributed by atoms with Crippen molar-refractivity contribution in [2.45, 2.75) is 12.5 Å². The van der Waals surface area contributed by atoms with Crippen molar-refractivity contribution in [3.63, 3.8) is 0 Å². The minimum atomic E-state index is -3.13. The molecular formula is C12H13FN2O4S. The predicted molar refractivity (Wildman–Crippen MR) is 71.9 cm³/mol. The molecule has 0 aromatic carbocycles. The fourth-order valence-electron chi connectivity index (χ4n) is 2.08. The number of nitrogens with zero attached hydrogens (tertiary/aromatic N) is 1. The standard InChI is InChI=1S/C12H13FN2O4S/c1-8(13)11(16)14-10-3-2-5-15(12(10)17)9-4-6-20(18,19)7-9/h2-3,5,9H,1,4,6-7H2,(H,14,16). The molecule has 20 heavy (non-hydrogen) atoms. The second-order valence-electron chi connectivity index (χ2n) is 4.55. The lowest BCUT2D eigenvalue weighted by Gasteiger charge is -2.13. The summed E-state index contributed by atoms with van der Waals surface area (Å²) < 4.78 is 36.7. The lowest BCUT2D eigenvalue weighted by Crippen LogP contribution is -2.28. The van der Waals surface area contributed by atoms with E-state index >= 15 is 0 Å². The molecule has 1 fully saturated rings. The molecule has 1 N–H and O–H groups in total. The SMILES string of the molecule is C=C(F)C(=O)Nc1cccn(C2CCS(=O)(=O)C2)c1=O. The summed E-state index contributed by atoms with van der Waals surface area (Å²) in [5.41, 5.74) is -0.676. The zero-order valence-electron chi connectivity index (χ0n) is 10.5. The maximum absolute atomic E-state index is 12.6. The average Bonchev–Trinajstić information content (AvgIpc) is 2.72. The molecule has 1 aliphatic heterocycles. The lowest BCUT2D eigenvalue weighted by atomic mass is 10.2. The van der Waals surface area contributed by atoms with Gasteiger partial charge in [0.05, 0.1) is 17.5 Å². The molecule has 1 aromatic heterocycles. The van der Waals surface area contributed by atoms with E-state index in [-0.39, 0.29) is 17.2 Å². The Morgan fingerprint density at radius 1 is 1.50 bits per heavy atom. The van der Waals surface area contributed by atoms with Crippen LogP contribution in [0.25, 0.3) is 0 Å². The summed E-state index contributed by atoms with van der Waals surface area (Å²) in [5, 5.41) is 2.10. The maximum Gasteiger partial charge on any atom is 0.283 e. The van der Waals surface area contributed by atoms with Crippen molar-refractivity contribution in [1.29, 1.82) is 0 Å². The van der Waals surface area contributed by atoms with Crippen molar-refractivity contribution in [2.75, 3.05) is 16.8 Å². The Morgan fingerprint density at radius 2 is 2.20 bits per heavy atom. The molecule has 8 heteroatoms. The number of carbonyl (C=O) groups is 1. The molecule has 1 atom stereocenters. The van der Waals surface area contributed by atoms with E-state index in [1.807, 2.05) is 0 Å². The first kappa shape index (κ1) is 14.4. The smallest absolute Gasteiger partial charge is 0.283 e. The second kappa shape index (κ2) is 5.20. The van der Waals surface area contributed by atoms with Gasteiger partial charge in [-0.1, -0.05) is 6.58 Å². The highest BCUT2D eigenvalue weighted by atomic mass is 32.2. The molecule has 1 saturated heterocycles. The van der Waals surface area contributed by atoms with E-state index in [0.717, 1.165) is 0 Å². The number of nitrogens with one attached hydrogen (secondary N) is 1. The van der Waals surface area contributed by atoms with E-state index in [2.05, 4.69) is 11.9 Å². The van der Waals surface area contributed by atoms with Crippen LogP contribution in [-0.4, -0.2) is 30.4 Å². The second-order valence-corrected chi connectivity index (χ2v) is 6.78. The van der Waals surface area contributed by atoms with Crippen LogP contribution in [0.4, 0.5) is 10.1 Å². The number of rotatable bonds is 3. The molecule has 1 unspecified atom stereocenters. The van der Waals surface area contributed by atoms with Gasteiger partial charge in [-0.2, -0.15) is 0 Å². The van der Waals surface area contributed by atoms with Crippen LogP contribution in [-0.2, 0) is 14.6 Å². The first-order valence-corrected chi connectivity index (χ1v) is 7.69. The van der Waals surface area contributed by atoms with Gasteiger partial charge in [-0.3, -0.25) is 9.59 Å². The first-order chi connectivity index (χ1) is 9.30. The Balaban J connectivity index is 2.31. The number of sulfone groups is 1. The monoisotopic (exact) mass is 300 g/mol. The molecule has 1 aromatic rings. The molecule has 1 amide bonds. The lowest BCUT2D eigenvalue weighted by molar-refractivity contribution is -0.114. The molecule has 108 valence electrons. The van der Waals surface area contributed by atoms with Gasteiger partial charge in [0, 0.05) is 6.20 Å². The van der Waals surface area contributed by atoms with E-state index in [4.69, 9.17) is 0 Å². The fraction of sp³-hybridized carbons (Fsp3) is 0.333. The van der Waals surface area contributed by atoms with Crippen LogP contribution in [0, 0.1) is 0 Å². The molecule has 0 bridgehead atoms. The summed E-state index contributed by atoms with van der Waals surface area (Å²) >= 11 is 0. The van der Waals surface area contributed by atoms with Crippen molar-refractivity contribution >= 4 is 21.4 Å². The van der Waals surface area contributed by atoms with Gasteiger partial charge in [-0.05, 0) is 18.6 Å². The van der Waals surface area contributed by atoms with Gasteiger partial charge in [-0.15, -0.1) is 0 Å². The summed E-state index contributed by atoms with van der Waals surface area (Å²) in [7, 11) is -3.13. The van der Waals surface area contributed by atoms with Gasteiger partial charge in [0.1, 0.15) is 5.69 Å². The number of hydrogen-bond donors (Lipinski definition) is 1. The van der Waals surface area contributed by atoms with Gasteiger partial charge < -0.3 is 9.88 Å². The Kier molecular flexibility index (Phi) is 3.76. The van der Waals surface area contributed by atoms with Crippen LogP contribution in [0.1, 0.15) is 12.5 Å². The van der Waals surface area contributed by atoms with Crippen molar-refractivity contribution in [1.82, 2.24) is 4.57 Å². The summed E-state index contributed by atoms with van der Waals surface area (Å²) in [5.74, 6) is -2.38. The molecule has 2 rings (SSSR count). The predicted octanol–water partition coefficient (Wildman–Crippen LogP) is 0.630. The molecule has 1 aliphatic rings. The van der Waals surface area contributed by atoms with Crippen LogP contribution in [0.2, 0.25) is 0 Å². The highest BCUT2D eigenvalue weighted by Crippen LogP contribution is 2.22. The van der Waals surface area contributed by atoms with Gasteiger partial charge in [0.2, 0.25) is 0 Å². The number of anilines is 1. The first-order valence-electron chi connectivity index (χ1n) is 5.87. The third kappa shape index (κ3) is 2.96. The van der Waals surface area contributed by atoms with Crippen LogP contribution in [0.5, 0.6) is 0 Å². The normalized spacial score (nSPS) is 20.6. The van der Waals surface area contributed by atoms with Gasteiger partial charge >= 0.3 is 0 Å². The number of halogens is 1. The summed E-state index contributed by atoms with van der Waals surface area (Å²) in [6, 6.07) is 2.35. The number of carbonyl (C=O) groups excluding carboxylic acids is 1. The Hall–Kier alpha value is -1.96. The van der Waals surface area contributed by atoms with Crippen molar-refractivity contribution in [2.24, 2.45) is 0 Å². The summed E-state index contributed by atoms with van der Waals surface area (Å²) in [4.78, 5) is 23.3. The third-order valence-electron chi connectivity index (χ3n) is 3.07. The molecule has 0 saturated carbocycles. The quantitative estimate of drug-likeness (QED) is 0.830. The van der Waals surface area contributed by atoms with Gasteiger partial charge in [0.15, 0.2) is 15.7 Å². The fourth-order valence-corrected chi connectivity index (χ4v) is 3.79. The zero-order chi connectivity index (χ0) is 14.9. The molecule has 2 heterocycles. The summed E-state index contributed by atoms with van der Waals surface area (Å²) in [6.45, 7) is 2.83. The molecular weight excluding hydrogens is 287 g/mol. The highest BCUT2D eigenvalue weighted by Gasteiger charge is 2.30. The largest absolute Gasteiger partial charge is 0.315 e. The number of aromatic nitrogens is 1. The number of amides is 1. The Labute approximate surface area is 114 Å².